The van der Waals surface area contributed by atoms with Gasteiger partial charge in [-0.05, 0) is 43.1 Å². The fourth-order valence-corrected chi connectivity index (χ4v) is 2.99. The molecule has 0 unspecified atom stereocenters. The lowest BCUT2D eigenvalue weighted by molar-refractivity contribution is 0.270. The molecule has 1 N–H and O–H groups in total. The van der Waals surface area contributed by atoms with Crippen molar-refractivity contribution in [1.29, 1.82) is 0 Å². The minimum absolute atomic E-state index is 0.860. The molecule has 2 aromatic heterocycles. The zero-order valence-corrected chi connectivity index (χ0v) is 13.8. The SMILES string of the molecule is CCCNCc1cccc(CN(CC)Cc2cccs2)n1. The summed E-state index contributed by atoms with van der Waals surface area (Å²) in [6.45, 7) is 9.26. The topological polar surface area (TPSA) is 28.2 Å². The molecule has 2 heterocycles. The molecule has 0 bridgehead atoms. The van der Waals surface area contributed by atoms with E-state index >= 15 is 0 Å². The first-order valence-corrected chi connectivity index (χ1v) is 8.60. The van der Waals surface area contributed by atoms with Crippen LogP contribution in [0.15, 0.2) is 35.7 Å². The van der Waals surface area contributed by atoms with Crippen LogP contribution in [0.1, 0.15) is 36.5 Å². The molecule has 3 nitrogen and oxygen atoms in total. The molecular weight excluding hydrogens is 278 g/mol. The highest BCUT2D eigenvalue weighted by atomic mass is 32.1. The number of hydrogen-bond donors (Lipinski definition) is 1. The van der Waals surface area contributed by atoms with Gasteiger partial charge in [0, 0.05) is 24.5 Å². The Hall–Kier alpha value is -1.23. The Morgan fingerprint density at radius 1 is 1.10 bits per heavy atom. The second-order valence-corrected chi connectivity index (χ2v) is 6.21. The maximum Gasteiger partial charge on any atom is 0.0548 e. The van der Waals surface area contributed by atoms with Crippen molar-refractivity contribution in [2.75, 3.05) is 13.1 Å². The van der Waals surface area contributed by atoms with Crippen molar-refractivity contribution in [2.45, 2.75) is 39.9 Å². The second kappa shape index (κ2) is 8.93. The van der Waals surface area contributed by atoms with Crippen LogP contribution in [0.5, 0.6) is 0 Å². The number of thiophene rings is 1. The van der Waals surface area contributed by atoms with Crippen LogP contribution in [0, 0.1) is 0 Å². The average molecular weight is 303 g/mol. The van der Waals surface area contributed by atoms with Gasteiger partial charge in [0.2, 0.25) is 0 Å². The first-order valence-electron chi connectivity index (χ1n) is 7.72. The Bertz CT molecular complexity index is 511. The second-order valence-electron chi connectivity index (χ2n) is 5.18. The molecule has 0 saturated carbocycles. The van der Waals surface area contributed by atoms with Gasteiger partial charge >= 0.3 is 0 Å². The molecule has 114 valence electrons. The van der Waals surface area contributed by atoms with Crippen LogP contribution in [0.4, 0.5) is 0 Å². The fourth-order valence-electron chi connectivity index (χ4n) is 2.24. The molecule has 4 heteroatoms. The van der Waals surface area contributed by atoms with Crippen molar-refractivity contribution in [3.05, 3.63) is 52.0 Å². The van der Waals surface area contributed by atoms with Gasteiger partial charge in [-0.15, -0.1) is 11.3 Å². The Kier molecular flexibility index (Phi) is 6.86. The first kappa shape index (κ1) is 16.1. The van der Waals surface area contributed by atoms with Crippen molar-refractivity contribution in [3.8, 4) is 0 Å². The van der Waals surface area contributed by atoms with Crippen molar-refractivity contribution in [1.82, 2.24) is 15.2 Å². The zero-order valence-electron chi connectivity index (χ0n) is 13.0. The van der Waals surface area contributed by atoms with Crippen LogP contribution < -0.4 is 5.32 Å². The van der Waals surface area contributed by atoms with E-state index in [1.54, 1.807) is 0 Å². The summed E-state index contributed by atoms with van der Waals surface area (Å²) >= 11 is 1.82. The summed E-state index contributed by atoms with van der Waals surface area (Å²) < 4.78 is 0. The highest BCUT2D eigenvalue weighted by molar-refractivity contribution is 7.09. The molecule has 0 aliphatic heterocycles. The van der Waals surface area contributed by atoms with Gasteiger partial charge in [-0.25, -0.2) is 0 Å². The lowest BCUT2D eigenvalue weighted by Gasteiger charge is -2.19. The lowest BCUT2D eigenvalue weighted by atomic mass is 10.2. The van der Waals surface area contributed by atoms with Gasteiger partial charge in [0.1, 0.15) is 0 Å². The fraction of sp³-hybridized carbons (Fsp3) is 0.471. The monoisotopic (exact) mass is 303 g/mol. The highest BCUT2D eigenvalue weighted by Crippen LogP contribution is 2.13. The Morgan fingerprint density at radius 3 is 2.67 bits per heavy atom. The smallest absolute Gasteiger partial charge is 0.0548 e. The lowest BCUT2D eigenvalue weighted by Crippen LogP contribution is -2.23. The molecule has 0 aliphatic carbocycles. The van der Waals surface area contributed by atoms with E-state index in [0.717, 1.165) is 50.5 Å². The average Bonchev–Trinajstić information content (AvgIpc) is 3.00. The number of nitrogens with zero attached hydrogens (tertiary/aromatic N) is 2. The molecule has 21 heavy (non-hydrogen) atoms. The van der Waals surface area contributed by atoms with Crippen molar-refractivity contribution < 1.29 is 0 Å². The molecule has 0 spiro atoms. The van der Waals surface area contributed by atoms with Crippen LogP contribution in [-0.2, 0) is 19.6 Å². The van der Waals surface area contributed by atoms with E-state index in [1.165, 1.54) is 4.88 Å². The van der Waals surface area contributed by atoms with Gasteiger partial charge in [-0.3, -0.25) is 9.88 Å². The quantitative estimate of drug-likeness (QED) is 0.717. The largest absolute Gasteiger partial charge is 0.311 e. The molecule has 0 aliphatic rings. The number of aromatic nitrogens is 1. The maximum atomic E-state index is 4.76. The van der Waals surface area contributed by atoms with Gasteiger partial charge < -0.3 is 5.32 Å². The maximum absolute atomic E-state index is 4.76. The van der Waals surface area contributed by atoms with Crippen LogP contribution in [-0.4, -0.2) is 23.0 Å². The predicted molar refractivity (Wildman–Crippen MR) is 90.3 cm³/mol. The van der Waals surface area contributed by atoms with E-state index < -0.39 is 0 Å². The van der Waals surface area contributed by atoms with Crippen molar-refractivity contribution >= 4 is 11.3 Å². The number of rotatable bonds is 9. The van der Waals surface area contributed by atoms with Crippen LogP contribution in [0.25, 0.3) is 0 Å². The predicted octanol–water partition coefficient (Wildman–Crippen LogP) is 3.66. The third-order valence-corrected chi connectivity index (χ3v) is 4.25. The van der Waals surface area contributed by atoms with Crippen molar-refractivity contribution in [2.24, 2.45) is 0 Å². The summed E-state index contributed by atoms with van der Waals surface area (Å²) in [6.07, 6.45) is 1.16. The van der Waals surface area contributed by atoms with E-state index in [0.29, 0.717) is 0 Å². The van der Waals surface area contributed by atoms with Gasteiger partial charge in [-0.2, -0.15) is 0 Å². The molecule has 0 fully saturated rings. The number of nitrogens with one attached hydrogen (secondary N) is 1. The third kappa shape index (κ3) is 5.58. The third-order valence-electron chi connectivity index (χ3n) is 3.39. The highest BCUT2D eigenvalue weighted by Gasteiger charge is 2.07. The summed E-state index contributed by atoms with van der Waals surface area (Å²) in [5.74, 6) is 0. The summed E-state index contributed by atoms with van der Waals surface area (Å²) in [7, 11) is 0. The minimum Gasteiger partial charge on any atom is -0.311 e. The summed E-state index contributed by atoms with van der Waals surface area (Å²) in [4.78, 5) is 8.60. The Labute approximate surface area is 132 Å². The van der Waals surface area contributed by atoms with Gasteiger partial charge in [0.15, 0.2) is 0 Å². The molecule has 0 aromatic carbocycles. The standard InChI is InChI=1S/C17H25N3S/c1-3-10-18-12-15-7-5-8-16(19-15)13-20(4-2)14-17-9-6-11-21-17/h5-9,11,18H,3-4,10,12-14H2,1-2H3. The normalized spacial score (nSPS) is 11.2. The van der Waals surface area contributed by atoms with E-state index in [2.05, 4.69) is 59.8 Å². The minimum atomic E-state index is 0.860. The van der Waals surface area contributed by atoms with E-state index in [9.17, 15) is 0 Å². The molecule has 0 radical (unpaired) electrons. The van der Waals surface area contributed by atoms with Crippen molar-refractivity contribution in [3.63, 3.8) is 0 Å². The van der Waals surface area contributed by atoms with Crippen LogP contribution >= 0.6 is 11.3 Å². The Balaban J connectivity index is 1.92. The summed E-state index contributed by atoms with van der Waals surface area (Å²) in [6, 6.07) is 10.7. The van der Waals surface area contributed by atoms with Crippen LogP contribution in [0.3, 0.4) is 0 Å². The molecular formula is C17H25N3S. The van der Waals surface area contributed by atoms with Crippen LogP contribution in [0.2, 0.25) is 0 Å². The van der Waals surface area contributed by atoms with Gasteiger partial charge in [0.05, 0.1) is 11.4 Å². The first-order chi connectivity index (χ1) is 10.3. The van der Waals surface area contributed by atoms with E-state index in [-0.39, 0.29) is 0 Å². The zero-order chi connectivity index (χ0) is 14.9. The summed E-state index contributed by atoms with van der Waals surface area (Å²) in [5, 5.41) is 5.55. The van der Waals surface area contributed by atoms with E-state index in [4.69, 9.17) is 4.98 Å². The number of pyridine rings is 1. The molecule has 2 rings (SSSR count). The Morgan fingerprint density at radius 2 is 1.95 bits per heavy atom. The van der Waals surface area contributed by atoms with E-state index in [1.807, 2.05) is 11.3 Å². The molecule has 0 saturated heterocycles. The summed E-state index contributed by atoms with van der Waals surface area (Å²) in [5.41, 5.74) is 2.29. The molecule has 0 atom stereocenters. The number of hydrogen-bond acceptors (Lipinski definition) is 4. The molecule has 2 aromatic rings. The molecule has 0 amide bonds. The van der Waals surface area contributed by atoms with Gasteiger partial charge in [-0.1, -0.05) is 26.0 Å². The van der Waals surface area contributed by atoms with Gasteiger partial charge in [0.25, 0.3) is 0 Å².